The lowest BCUT2D eigenvalue weighted by molar-refractivity contribution is -0.138. The molecule has 0 spiro atoms. The molecule has 0 bridgehead atoms. The molecule has 0 fully saturated rings. The van der Waals surface area contributed by atoms with Gasteiger partial charge in [0.15, 0.2) is 5.82 Å². The number of rotatable bonds is 5. The molecule has 8 heteroatoms. The molecule has 0 radical (unpaired) electrons. The number of H-pyrrole nitrogens is 1. The molecular weight excluding hydrogens is 250 g/mol. The van der Waals surface area contributed by atoms with Crippen molar-refractivity contribution in [2.45, 2.75) is 25.8 Å². The number of pyridine rings is 1. The summed E-state index contributed by atoms with van der Waals surface area (Å²) in [6.45, 7) is 1.85. The third kappa shape index (κ3) is 2.84. The summed E-state index contributed by atoms with van der Waals surface area (Å²) in [7, 11) is 0. The van der Waals surface area contributed by atoms with Crippen molar-refractivity contribution in [1.29, 1.82) is 0 Å². The summed E-state index contributed by atoms with van der Waals surface area (Å²) in [5.74, 6) is -0.569. The Morgan fingerprint density at radius 2 is 2.32 bits per heavy atom. The third-order valence-corrected chi connectivity index (χ3v) is 2.73. The second-order valence-electron chi connectivity index (χ2n) is 4.04. The standard InChI is InChI=1S/C11H13N5O3/c1-2-7(6-10(18)19)16-11(13-14-15-16)8-4-3-5-9(17)12-8/h3-5,7H,2,6H2,1H3,(H,12,17)(H,18,19). The third-order valence-electron chi connectivity index (χ3n) is 2.73. The second-order valence-corrected chi connectivity index (χ2v) is 4.04. The van der Waals surface area contributed by atoms with Gasteiger partial charge in [-0.15, -0.1) is 5.10 Å². The van der Waals surface area contributed by atoms with E-state index in [-0.39, 0.29) is 18.0 Å². The molecule has 0 aliphatic carbocycles. The maximum absolute atomic E-state index is 11.3. The van der Waals surface area contributed by atoms with E-state index in [4.69, 9.17) is 5.11 Å². The Bertz CT molecular complexity index is 633. The number of hydrogen-bond donors (Lipinski definition) is 2. The molecule has 19 heavy (non-hydrogen) atoms. The summed E-state index contributed by atoms with van der Waals surface area (Å²) in [6.07, 6.45) is 0.493. The molecule has 100 valence electrons. The van der Waals surface area contributed by atoms with E-state index in [2.05, 4.69) is 20.5 Å². The van der Waals surface area contributed by atoms with Crippen LogP contribution in [0, 0.1) is 0 Å². The fourth-order valence-electron chi connectivity index (χ4n) is 1.80. The second kappa shape index (κ2) is 5.42. The zero-order valence-corrected chi connectivity index (χ0v) is 10.3. The molecule has 1 unspecified atom stereocenters. The van der Waals surface area contributed by atoms with Gasteiger partial charge in [-0.05, 0) is 22.9 Å². The van der Waals surface area contributed by atoms with Crippen LogP contribution in [-0.4, -0.2) is 36.3 Å². The van der Waals surface area contributed by atoms with E-state index in [0.717, 1.165) is 0 Å². The first-order valence-corrected chi connectivity index (χ1v) is 5.81. The van der Waals surface area contributed by atoms with Gasteiger partial charge in [0.05, 0.1) is 18.2 Å². The predicted molar refractivity (Wildman–Crippen MR) is 65.5 cm³/mol. The van der Waals surface area contributed by atoms with Crippen molar-refractivity contribution in [3.05, 3.63) is 28.6 Å². The van der Waals surface area contributed by atoms with Gasteiger partial charge in [-0.3, -0.25) is 9.59 Å². The first-order chi connectivity index (χ1) is 9.11. The van der Waals surface area contributed by atoms with E-state index in [1.165, 1.54) is 10.7 Å². The van der Waals surface area contributed by atoms with Crippen LogP contribution in [0.15, 0.2) is 23.0 Å². The summed E-state index contributed by atoms with van der Waals surface area (Å²) >= 11 is 0. The van der Waals surface area contributed by atoms with Gasteiger partial charge in [0.25, 0.3) is 0 Å². The number of nitrogens with one attached hydrogen (secondary N) is 1. The fourth-order valence-corrected chi connectivity index (χ4v) is 1.80. The van der Waals surface area contributed by atoms with Crippen LogP contribution in [0.1, 0.15) is 25.8 Å². The summed E-state index contributed by atoms with van der Waals surface area (Å²) < 4.78 is 1.43. The summed E-state index contributed by atoms with van der Waals surface area (Å²) in [4.78, 5) is 24.7. The smallest absolute Gasteiger partial charge is 0.305 e. The average Bonchev–Trinajstić information content (AvgIpc) is 2.84. The Morgan fingerprint density at radius 3 is 2.95 bits per heavy atom. The molecule has 2 N–H and O–H groups in total. The molecule has 2 heterocycles. The van der Waals surface area contributed by atoms with Crippen LogP contribution < -0.4 is 5.56 Å². The van der Waals surface area contributed by atoms with Crippen molar-refractivity contribution in [3.8, 4) is 11.5 Å². The van der Waals surface area contributed by atoms with Gasteiger partial charge in [0.2, 0.25) is 5.56 Å². The number of nitrogens with zero attached hydrogens (tertiary/aromatic N) is 4. The molecule has 0 saturated carbocycles. The quantitative estimate of drug-likeness (QED) is 0.809. The van der Waals surface area contributed by atoms with Gasteiger partial charge in [0, 0.05) is 6.07 Å². The Morgan fingerprint density at radius 1 is 1.53 bits per heavy atom. The van der Waals surface area contributed by atoms with E-state index in [1.54, 1.807) is 12.1 Å². The maximum atomic E-state index is 11.3. The van der Waals surface area contributed by atoms with Crippen molar-refractivity contribution >= 4 is 5.97 Å². The average molecular weight is 263 g/mol. The molecule has 0 aromatic carbocycles. The maximum Gasteiger partial charge on any atom is 0.305 e. The van der Waals surface area contributed by atoms with E-state index >= 15 is 0 Å². The number of carboxylic acid groups (broad SMARTS) is 1. The molecule has 8 nitrogen and oxygen atoms in total. The van der Waals surface area contributed by atoms with Crippen molar-refractivity contribution < 1.29 is 9.90 Å². The normalized spacial score (nSPS) is 12.3. The minimum Gasteiger partial charge on any atom is -0.481 e. The number of aromatic nitrogens is 5. The van der Waals surface area contributed by atoms with Gasteiger partial charge in [-0.25, -0.2) is 4.68 Å². The fraction of sp³-hybridized carbons (Fsp3) is 0.364. The van der Waals surface area contributed by atoms with Gasteiger partial charge in [-0.2, -0.15) is 0 Å². The number of hydrogen-bond acceptors (Lipinski definition) is 5. The highest BCUT2D eigenvalue weighted by Crippen LogP contribution is 2.20. The van der Waals surface area contributed by atoms with Crippen LogP contribution >= 0.6 is 0 Å². The molecule has 0 amide bonds. The van der Waals surface area contributed by atoms with Gasteiger partial charge in [0.1, 0.15) is 0 Å². The van der Waals surface area contributed by atoms with Crippen LogP contribution in [0.25, 0.3) is 11.5 Å². The van der Waals surface area contributed by atoms with Crippen LogP contribution in [0.4, 0.5) is 0 Å². The Kier molecular flexibility index (Phi) is 3.69. The van der Waals surface area contributed by atoms with Gasteiger partial charge >= 0.3 is 5.97 Å². The van der Waals surface area contributed by atoms with E-state index in [9.17, 15) is 9.59 Å². The SMILES string of the molecule is CCC(CC(=O)O)n1nnnc1-c1cccc(=O)[nH]1. The zero-order valence-electron chi connectivity index (χ0n) is 10.3. The molecule has 0 saturated heterocycles. The topological polar surface area (TPSA) is 114 Å². The Labute approximate surface area is 108 Å². The highest BCUT2D eigenvalue weighted by molar-refractivity contribution is 5.67. The highest BCUT2D eigenvalue weighted by atomic mass is 16.4. The van der Waals surface area contributed by atoms with Crippen molar-refractivity contribution in [2.75, 3.05) is 0 Å². The lowest BCUT2D eigenvalue weighted by Crippen LogP contribution is -2.16. The van der Waals surface area contributed by atoms with Crippen molar-refractivity contribution in [2.24, 2.45) is 0 Å². The van der Waals surface area contributed by atoms with E-state index in [0.29, 0.717) is 17.9 Å². The number of carboxylic acids is 1. The predicted octanol–water partition coefficient (Wildman–Crippen LogP) is 0.454. The Balaban J connectivity index is 2.41. The summed E-state index contributed by atoms with van der Waals surface area (Å²) in [5, 5.41) is 20.1. The lowest BCUT2D eigenvalue weighted by Gasteiger charge is -2.13. The molecule has 1 atom stereocenters. The molecule has 2 aromatic heterocycles. The number of carbonyl (C=O) groups is 1. The highest BCUT2D eigenvalue weighted by Gasteiger charge is 2.20. The van der Waals surface area contributed by atoms with Gasteiger partial charge in [-0.1, -0.05) is 13.0 Å². The number of tetrazole rings is 1. The minimum absolute atomic E-state index is 0.0778. The van der Waals surface area contributed by atoms with Crippen molar-refractivity contribution in [3.63, 3.8) is 0 Å². The van der Waals surface area contributed by atoms with Crippen LogP contribution in [-0.2, 0) is 4.79 Å². The molecule has 0 aliphatic heterocycles. The first-order valence-electron chi connectivity index (χ1n) is 5.81. The minimum atomic E-state index is -0.921. The molecule has 0 aliphatic rings. The molecule has 2 rings (SSSR count). The largest absolute Gasteiger partial charge is 0.481 e. The summed E-state index contributed by atoms with van der Waals surface area (Å²) in [6, 6.07) is 4.28. The molecular formula is C11H13N5O3. The lowest BCUT2D eigenvalue weighted by atomic mass is 10.1. The van der Waals surface area contributed by atoms with Crippen LogP contribution in [0.3, 0.4) is 0 Å². The van der Waals surface area contributed by atoms with Gasteiger partial charge < -0.3 is 10.1 Å². The number of aliphatic carboxylic acids is 1. The van der Waals surface area contributed by atoms with Crippen LogP contribution in [0.2, 0.25) is 0 Å². The van der Waals surface area contributed by atoms with E-state index in [1.807, 2.05) is 6.92 Å². The Hall–Kier alpha value is -2.51. The zero-order chi connectivity index (χ0) is 13.8. The monoisotopic (exact) mass is 263 g/mol. The first kappa shape index (κ1) is 12.9. The van der Waals surface area contributed by atoms with E-state index < -0.39 is 5.97 Å². The van der Waals surface area contributed by atoms with Crippen LogP contribution in [0.5, 0.6) is 0 Å². The summed E-state index contributed by atoms with van der Waals surface area (Å²) in [5.41, 5.74) is 0.194. The molecule has 2 aromatic rings. The van der Waals surface area contributed by atoms with Crippen molar-refractivity contribution in [1.82, 2.24) is 25.2 Å². The number of aromatic amines is 1.